The molecule has 2 rings (SSSR count). The average Bonchev–Trinajstić information content (AvgIpc) is 2.40. The summed E-state index contributed by atoms with van der Waals surface area (Å²) in [5.41, 5.74) is 5.68. The van der Waals surface area contributed by atoms with Gasteiger partial charge in [0, 0.05) is 5.02 Å². The summed E-state index contributed by atoms with van der Waals surface area (Å²) in [6, 6.07) is 7.97. The normalized spacial score (nSPS) is 11.3. The van der Waals surface area contributed by atoms with Crippen molar-refractivity contribution in [2.45, 2.75) is 6.18 Å². The Kier molecular flexibility index (Phi) is 4.18. The van der Waals surface area contributed by atoms with Gasteiger partial charge in [-0.25, -0.2) is 0 Å². The number of methoxy groups -OCH3 is 1. The molecule has 0 spiro atoms. The van der Waals surface area contributed by atoms with Gasteiger partial charge in [-0.2, -0.15) is 13.2 Å². The smallest absolute Gasteiger partial charge is 0.416 e. The van der Waals surface area contributed by atoms with Crippen LogP contribution in [0.5, 0.6) is 5.75 Å². The van der Waals surface area contributed by atoms with Gasteiger partial charge in [-0.05, 0) is 36.4 Å². The maximum atomic E-state index is 12.6. The fourth-order valence-corrected chi connectivity index (χ4v) is 1.95. The molecule has 112 valence electrons. The molecule has 0 saturated heterocycles. The Labute approximate surface area is 124 Å². The molecule has 0 saturated carbocycles. The van der Waals surface area contributed by atoms with Crippen molar-refractivity contribution in [3.63, 3.8) is 0 Å². The molecule has 2 aromatic carbocycles. The largest absolute Gasteiger partial charge is 0.495 e. The average molecular weight is 317 g/mol. The van der Waals surface area contributed by atoms with Gasteiger partial charge in [0.1, 0.15) is 5.75 Å². The zero-order valence-corrected chi connectivity index (χ0v) is 11.7. The molecule has 0 fully saturated rings. The molecule has 0 aliphatic heterocycles. The van der Waals surface area contributed by atoms with Crippen molar-refractivity contribution in [2.75, 3.05) is 18.2 Å². The number of hydrogen-bond acceptors (Lipinski definition) is 3. The first-order chi connectivity index (χ1) is 9.81. The van der Waals surface area contributed by atoms with Gasteiger partial charge in [0.15, 0.2) is 0 Å². The Bertz CT molecular complexity index is 659. The van der Waals surface area contributed by atoms with Gasteiger partial charge in [-0.1, -0.05) is 11.6 Å². The SMILES string of the molecule is COc1ccc(Cl)cc1Nc1ccc(C(F)(F)F)cc1N. The molecule has 21 heavy (non-hydrogen) atoms. The number of nitrogen functional groups attached to an aromatic ring is 1. The third-order valence-electron chi connectivity index (χ3n) is 2.81. The van der Waals surface area contributed by atoms with Crippen LogP contribution in [-0.4, -0.2) is 7.11 Å². The molecule has 3 nitrogen and oxygen atoms in total. The molecule has 3 N–H and O–H groups in total. The minimum atomic E-state index is -4.43. The van der Waals surface area contributed by atoms with Crippen molar-refractivity contribution < 1.29 is 17.9 Å². The highest BCUT2D eigenvalue weighted by molar-refractivity contribution is 6.31. The lowest BCUT2D eigenvalue weighted by molar-refractivity contribution is -0.137. The maximum Gasteiger partial charge on any atom is 0.416 e. The van der Waals surface area contributed by atoms with Crippen LogP contribution in [0.15, 0.2) is 36.4 Å². The summed E-state index contributed by atoms with van der Waals surface area (Å²) in [5.74, 6) is 0.499. The van der Waals surface area contributed by atoms with Gasteiger partial charge in [0.2, 0.25) is 0 Å². The van der Waals surface area contributed by atoms with Crippen LogP contribution in [-0.2, 0) is 6.18 Å². The zero-order chi connectivity index (χ0) is 15.6. The van der Waals surface area contributed by atoms with Gasteiger partial charge in [-0.15, -0.1) is 0 Å². The molecular weight excluding hydrogens is 305 g/mol. The lowest BCUT2D eigenvalue weighted by atomic mass is 10.1. The van der Waals surface area contributed by atoms with Gasteiger partial charge < -0.3 is 15.8 Å². The summed E-state index contributed by atoms with van der Waals surface area (Å²) >= 11 is 5.89. The standard InChI is InChI=1S/C14H12ClF3N2O/c1-21-13-5-3-9(15)7-12(13)20-11-4-2-8(6-10(11)19)14(16,17)18/h2-7,20H,19H2,1H3. The Morgan fingerprint density at radius 1 is 1.10 bits per heavy atom. The highest BCUT2D eigenvalue weighted by Gasteiger charge is 2.30. The Hall–Kier alpha value is -2.08. The Balaban J connectivity index is 2.34. The van der Waals surface area contributed by atoms with Crippen LogP contribution in [0.3, 0.4) is 0 Å². The van der Waals surface area contributed by atoms with E-state index in [9.17, 15) is 13.2 Å². The molecule has 0 heterocycles. The van der Waals surface area contributed by atoms with Crippen LogP contribution in [0.2, 0.25) is 5.02 Å². The van der Waals surface area contributed by atoms with E-state index in [4.69, 9.17) is 22.1 Å². The number of nitrogens with one attached hydrogen (secondary N) is 1. The zero-order valence-electron chi connectivity index (χ0n) is 11.0. The van der Waals surface area contributed by atoms with E-state index in [2.05, 4.69) is 5.32 Å². The minimum Gasteiger partial charge on any atom is -0.495 e. The number of benzene rings is 2. The fraction of sp³-hybridized carbons (Fsp3) is 0.143. The van der Waals surface area contributed by atoms with E-state index in [0.29, 0.717) is 22.1 Å². The quantitative estimate of drug-likeness (QED) is 0.807. The van der Waals surface area contributed by atoms with Crippen LogP contribution >= 0.6 is 11.6 Å². The van der Waals surface area contributed by atoms with Crippen molar-refractivity contribution >= 4 is 28.7 Å². The van der Waals surface area contributed by atoms with E-state index in [1.807, 2.05) is 0 Å². The maximum absolute atomic E-state index is 12.6. The number of alkyl halides is 3. The number of anilines is 3. The van der Waals surface area contributed by atoms with Gasteiger partial charge in [0.25, 0.3) is 0 Å². The minimum absolute atomic E-state index is 0.0214. The van der Waals surface area contributed by atoms with Crippen molar-refractivity contribution in [2.24, 2.45) is 0 Å². The first-order valence-electron chi connectivity index (χ1n) is 5.88. The third kappa shape index (κ3) is 3.52. The van der Waals surface area contributed by atoms with Crippen LogP contribution in [0.1, 0.15) is 5.56 Å². The number of hydrogen-bond donors (Lipinski definition) is 2. The Morgan fingerprint density at radius 2 is 1.81 bits per heavy atom. The highest BCUT2D eigenvalue weighted by Crippen LogP contribution is 2.36. The molecule has 2 aromatic rings. The molecule has 0 radical (unpaired) electrons. The van der Waals surface area contributed by atoms with E-state index < -0.39 is 11.7 Å². The van der Waals surface area contributed by atoms with Crippen LogP contribution in [0.4, 0.5) is 30.2 Å². The van der Waals surface area contributed by atoms with Crippen molar-refractivity contribution in [3.8, 4) is 5.75 Å². The summed E-state index contributed by atoms with van der Waals surface area (Å²) in [7, 11) is 1.48. The van der Waals surface area contributed by atoms with E-state index in [-0.39, 0.29) is 5.69 Å². The summed E-state index contributed by atoms with van der Waals surface area (Å²) in [6.45, 7) is 0. The van der Waals surface area contributed by atoms with Gasteiger partial charge >= 0.3 is 6.18 Å². The third-order valence-corrected chi connectivity index (χ3v) is 3.04. The molecule has 0 unspecified atom stereocenters. The summed E-state index contributed by atoms with van der Waals surface area (Å²) in [5, 5.41) is 3.37. The lowest BCUT2D eigenvalue weighted by Gasteiger charge is -2.15. The molecule has 7 heteroatoms. The van der Waals surface area contributed by atoms with Crippen LogP contribution < -0.4 is 15.8 Å². The highest BCUT2D eigenvalue weighted by atomic mass is 35.5. The first-order valence-corrected chi connectivity index (χ1v) is 6.26. The molecule has 0 aromatic heterocycles. The second-order valence-corrected chi connectivity index (χ2v) is 4.71. The van der Waals surface area contributed by atoms with E-state index in [1.165, 1.54) is 13.2 Å². The van der Waals surface area contributed by atoms with E-state index in [0.717, 1.165) is 12.1 Å². The predicted octanol–water partition coefficient (Wildman–Crippen LogP) is 4.69. The second kappa shape index (κ2) is 5.73. The van der Waals surface area contributed by atoms with Crippen LogP contribution in [0.25, 0.3) is 0 Å². The molecule has 0 aliphatic rings. The van der Waals surface area contributed by atoms with E-state index >= 15 is 0 Å². The summed E-state index contributed by atoms with van der Waals surface area (Å²) in [4.78, 5) is 0. The molecule has 0 atom stereocenters. The second-order valence-electron chi connectivity index (χ2n) is 4.27. The van der Waals surface area contributed by atoms with Crippen molar-refractivity contribution in [1.29, 1.82) is 0 Å². The van der Waals surface area contributed by atoms with Gasteiger partial charge in [-0.3, -0.25) is 0 Å². The fourth-order valence-electron chi connectivity index (χ4n) is 1.78. The molecular formula is C14H12ClF3N2O. The number of nitrogens with two attached hydrogens (primary N) is 1. The van der Waals surface area contributed by atoms with Gasteiger partial charge in [0.05, 0.1) is 29.7 Å². The molecule has 0 bridgehead atoms. The lowest BCUT2D eigenvalue weighted by Crippen LogP contribution is -2.07. The number of rotatable bonds is 3. The summed E-state index contributed by atoms with van der Waals surface area (Å²) in [6.07, 6.45) is -4.43. The first kappa shape index (κ1) is 15.3. The van der Waals surface area contributed by atoms with E-state index in [1.54, 1.807) is 18.2 Å². The van der Waals surface area contributed by atoms with Crippen molar-refractivity contribution in [1.82, 2.24) is 0 Å². The monoisotopic (exact) mass is 316 g/mol. The van der Waals surface area contributed by atoms with Crippen LogP contribution in [0, 0.1) is 0 Å². The topological polar surface area (TPSA) is 47.3 Å². The summed E-state index contributed by atoms with van der Waals surface area (Å²) < 4.78 is 42.9. The Morgan fingerprint density at radius 3 is 2.38 bits per heavy atom. The van der Waals surface area contributed by atoms with Crippen molar-refractivity contribution in [3.05, 3.63) is 47.0 Å². The number of halogens is 4. The predicted molar refractivity (Wildman–Crippen MR) is 77.1 cm³/mol. The number of ether oxygens (including phenoxy) is 1. The molecule has 0 aliphatic carbocycles. The molecule has 0 amide bonds.